The molecule has 1 N–H and O–H groups in total. The number of carbonyl (C=O) groups excluding carboxylic acids is 2. The maximum Gasteiger partial charge on any atom is 0.196 e. The van der Waals surface area contributed by atoms with Crippen LogP contribution in [0, 0.1) is 6.92 Å². The van der Waals surface area contributed by atoms with Crippen LogP contribution >= 0.6 is 0 Å². The van der Waals surface area contributed by atoms with Gasteiger partial charge in [0.2, 0.25) is 0 Å². The minimum Gasteiger partial charge on any atom is -0.289 e. The van der Waals surface area contributed by atoms with Gasteiger partial charge in [-0.05, 0) is 12.5 Å². The Morgan fingerprint density at radius 3 is 2.23 bits per heavy atom. The van der Waals surface area contributed by atoms with Crippen LogP contribution in [0.2, 0.25) is 0 Å². The Bertz CT molecular complexity index is 752. The Hall–Kier alpha value is -2.46. The first-order valence-electron chi connectivity index (χ1n) is 7.22. The van der Waals surface area contributed by atoms with Gasteiger partial charge in [-0.1, -0.05) is 49.7 Å². The van der Waals surface area contributed by atoms with Gasteiger partial charge in [-0.15, -0.1) is 0 Å². The molecule has 111 valence electrons. The van der Waals surface area contributed by atoms with Gasteiger partial charge in [0.15, 0.2) is 11.6 Å². The molecule has 0 aliphatic heterocycles. The monoisotopic (exact) mass is 294 g/mol. The molecular weight excluding hydrogens is 278 g/mol. The van der Waals surface area contributed by atoms with E-state index in [1.807, 2.05) is 0 Å². The Balaban J connectivity index is 2.13. The molecule has 1 aliphatic rings. The average molecular weight is 294 g/mol. The molecule has 3 rings (SSSR count). The van der Waals surface area contributed by atoms with Crippen molar-refractivity contribution in [2.45, 2.75) is 12.8 Å². The predicted octanol–water partition coefficient (Wildman–Crippen LogP) is 3.27. The topological polar surface area (TPSA) is 57.6 Å². The summed E-state index contributed by atoms with van der Waals surface area (Å²) in [6.45, 7) is 4.10. The quantitative estimate of drug-likeness (QED) is 0.750. The SMILES string of the molecule is [CH2]CCCN(O)c1cccc2c1C(=O)c1ccccc1C2=O. The van der Waals surface area contributed by atoms with Crippen LogP contribution in [0.3, 0.4) is 0 Å². The molecule has 0 saturated heterocycles. The lowest BCUT2D eigenvalue weighted by atomic mass is 9.83. The lowest BCUT2D eigenvalue weighted by molar-refractivity contribution is 0.0978. The van der Waals surface area contributed by atoms with Crippen molar-refractivity contribution in [2.75, 3.05) is 11.6 Å². The van der Waals surface area contributed by atoms with Gasteiger partial charge in [0.25, 0.3) is 0 Å². The molecule has 2 aromatic rings. The summed E-state index contributed by atoms with van der Waals surface area (Å²) in [6.07, 6.45) is 1.38. The molecule has 0 aromatic heterocycles. The third-order valence-electron chi connectivity index (χ3n) is 3.83. The highest BCUT2D eigenvalue weighted by atomic mass is 16.5. The van der Waals surface area contributed by atoms with Crippen LogP contribution in [0.5, 0.6) is 0 Å². The minimum atomic E-state index is -0.227. The van der Waals surface area contributed by atoms with Gasteiger partial charge in [0, 0.05) is 23.2 Å². The normalized spacial score (nSPS) is 12.8. The van der Waals surface area contributed by atoms with Crippen molar-refractivity contribution in [1.82, 2.24) is 0 Å². The van der Waals surface area contributed by atoms with E-state index in [2.05, 4.69) is 6.92 Å². The summed E-state index contributed by atoms with van der Waals surface area (Å²) in [6, 6.07) is 11.7. The van der Waals surface area contributed by atoms with Crippen molar-refractivity contribution in [2.24, 2.45) is 0 Å². The van der Waals surface area contributed by atoms with Gasteiger partial charge in [0.1, 0.15) is 0 Å². The highest BCUT2D eigenvalue weighted by Gasteiger charge is 2.32. The van der Waals surface area contributed by atoms with E-state index in [1.165, 1.54) is 0 Å². The fourth-order valence-corrected chi connectivity index (χ4v) is 2.72. The van der Waals surface area contributed by atoms with Crippen molar-refractivity contribution >= 4 is 17.3 Å². The molecule has 0 atom stereocenters. The number of carbonyl (C=O) groups is 2. The number of nitrogens with zero attached hydrogens (tertiary/aromatic N) is 1. The number of fused-ring (bicyclic) bond motifs is 2. The van der Waals surface area contributed by atoms with E-state index in [-0.39, 0.29) is 17.1 Å². The Labute approximate surface area is 129 Å². The fraction of sp³-hybridized carbons (Fsp3) is 0.167. The number of ketones is 2. The van der Waals surface area contributed by atoms with E-state index in [9.17, 15) is 14.8 Å². The number of rotatable bonds is 4. The second-order valence-corrected chi connectivity index (χ2v) is 5.23. The van der Waals surface area contributed by atoms with E-state index < -0.39 is 0 Å². The van der Waals surface area contributed by atoms with Crippen molar-refractivity contribution in [3.8, 4) is 0 Å². The summed E-state index contributed by atoms with van der Waals surface area (Å²) >= 11 is 0. The molecule has 1 radical (unpaired) electrons. The van der Waals surface area contributed by atoms with E-state index in [1.54, 1.807) is 42.5 Å². The van der Waals surface area contributed by atoms with E-state index in [0.717, 1.165) is 5.06 Å². The lowest BCUT2D eigenvalue weighted by Crippen LogP contribution is -2.27. The molecule has 4 nitrogen and oxygen atoms in total. The Morgan fingerprint density at radius 1 is 0.909 bits per heavy atom. The summed E-state index contributed by atoms with van der Waals surface area (Å²) < 4.78 is 0. The van der Waals surface area contributed by atoms with E-state index >= 15 is 0 Å². The zero-order valence-electron chi connectivity index (χ0n) is 12.1. The van der Waals surface area contributed by atoms with E-state index in [4.69, 9.17) is 0 Å². The summed E-state index contributed by atoms with van der Waals surface area (Å²) in [5, 5.41) is 11.2. The van der Waals surface area contributed by atoms with E-state index in [0.29, 0.717) is 41.8 Å². The lowest BCUT2D eigenvalue weighted by Gasteiger charge is -2.24. The van der Waals surface area contributed by atoms with Crippen LogP contribution in [0.25, 0.3) is 0 Å². The predicted molar refractivity (Wildman–Crippen MR) is 83.5 cm³/mol. The number of unbranched alkanes of at least 4 members (excludes halogenated alkanes) is 1. The summed E-state index contributed by atoms with van der Waals surface area (Å²) in [5.74, 6) is -0.410. The molecule has 0 fully saturated rings. The van der Waals surface area contributed by atoms with Gasteiger partial charge in [-0.2, -0.15) is 0 Å². The molecule has 0 saturated carbocycles. The third-order valence-corrected chi connectivity index (χ3v) is 3.83. The molecule has 1 aliphatic carbocycles. The van der Waals surface area contributed by atoms with Gasteiger partial charge in [-0.25, -0.2) is 0 Å². The first-order chi connectivity index (χ1) is 10.6. The maximum atomic E-state index is 12.8. The Kier molecular flexibility index (Phi) is 3.77. The number of hydrogen-bond acceptors (Lipinski definition) is 4. The number of anilines is 1. The molecular formula is C18H16NO3. The maximum absolute atomic E-state index is 12.8. The van der Waals surface area contributed by atoms with Crippen molar-refractivity contribution in [3.05, 3.63) is 71.6 Å². The van der Waals surface area contributed by atoms with Crippen molar-refractivity contribution < 1.29 is 14.8 Å². The molecule has 0 amide bonds. The second-order valence-electron chi connectivity index (χ2n) is 5.23. The molecule has 2 aromatic carbocycles. The molecule has 0 bridgehead atoms. The summed E-state index contributed by atoms with van der Waals surface area (Å²) in [7, 11) is 0. The van der Waals surface area contributed by atoms with Crippen LogP contribution in [0.1, 0.15) is 44.7 Å². The van der Waals surface area contributed by atoms with Crippen LogP contribution in [0.15, 0.2) is 42.5 Å². The first-order valence-corrected chi connectivity index (χ1v) is 7.22. The summed E-state index contributed by atoms with van der Waals surface area (Å²) in [5.41, 5.74) is 1.80. The van der Waals surface area contributed by atoms with Gasteiger partial charge in [0.05, 0.1) is 11.3 Å². The third kappa shape index (κ3) is 2.22. The average Bonchev–Trinajstić information content (AvgIpc) is 2.57. The zero-order chi connectivity index (χ0) is 15.7. The molecule has 0 spiro atoms. The minimum absolute atomic E-state index is 0.183. The van der Waals surface area contributed by atoms with Gasteiger partial charge in [-0.3, -0.25) is 19.9 Å². The van der Waals surface area contributed by atoms with Crippen LogP contribution in [0.4, 0.5) is 5.69 Å². The van der Waals surface area contributed by atoms with Gasteiger partial charge >= 0.3 is 0 Å². The van der Waals surface area contributed by atoms with Gasteiger partial charge < -0.3 is 0 Å². The van der Waals surface area contributed by atoms with Crippen molar-refractivity contribution in [1.29, 1.82) is 0 Å². The molecule has 22 heavy (non-hydrogen) atoms. The smallest absolute Gasteiger partial charge is 0.196 e. The number of hydroxylamine groups is 1. The fourth-order valence-electron chi connectivity index (χ4n) is 2.72. The highest BCUT2D eigenvalue weighted by molar-refractivity contribution is 6.30. The second kappa shape index (κ2) is 5.73. The van der Waals surface area contributed by atoms with Crippen LogP contribution in [-0.2, 0) is 0 Å². The molecule has 4 heteroatoms. The summed E-state index contributed by atoms with van der Waals surface area (Å²) in [4.78, 5) is 25.3. The standard InChI is InChI=1S/C18H16NO3/c1-2-3-11-19(22)15-10-6-9-14-16(15)18(21)13-8-5-4-7-12(13)17(14)20/h4-10,22H,1-3,11H2. The largest absolute Gasteiger partial charge is 0.289 e. The van der Waals surface area contributed by atoms with Crippen LogP contribution in [-0.4, -0.2) is 23.3 Å². The molecule has 0 heterocycles. The Morgan fingerprint density at radius 2 is 1.55 bits per heavy atom. The zero-order valence-corrected chi connectivity index (χ0v) is 12.1. The van der Waals surface area contributed by atoms with Crippen molar-refractivity contribution in [3.63, 3.8) is 0 Å². The first kappa shape index (κ1) is 14.5. The highest BCUT2D eigenvalue weighted by Crippen LogP contribution is 2.33. The number of benzene rings is 2. The molecule has 0 unspecified atom stereocenters. The van der Waals surface area contributed by atoms with Crippen LogP contribution < -0.4 is 5.06 Å². The number of hydrogen-bond donors (Lipinski definition) is 1.